The van der Waals surface area contributed by atoms with Crippen molar-refractivity contribution in [2.75, 3.05) is 6.54 Å². The van der Waals surface area contributed by atoms with Crippen LogP contribution in [0.5, 0.6) is 0 Å². The van der Waals surface area contributed by atoms with E-state index < -0.39 is 11.8 Å². The Kier molecular flexibility index (Phi) is 4.95. The van der Waals surface area contributed by atoms with Gasteiger partial charge in [0.2, 0.25) is 0 Å². The van der Waals surface area contributed by atoms with Gasteiger partial charge in [-0.15, -0.1) is 0 Å². The molecule has 0 aliphatic carbocycles. The van der Waals surface area contributed by atoms with E-state index in [9.17, 15) is 9.59 Å². The first-order chi connectivity index (χ1) is 12.2. The molecule has 0 unspecified atom stereocenters. The van der Waals surface area contributed by atoms with Gasteiger partial charge >= 0.3 is 11.8 Å². The standard InChI is InChI=1S/C19H17N3O3/c20-13-15-9-10-17-16(12-15)22(19(24)25-17)18(23)21-11-5-4-8-14-6-2-1-3-7-14/h1-3,6-7,9-10,12H,4-5,8,11H2,(H,21,23). The van der Waals surface area contributed by atoms with Gasteiger partial charge in [-0.1, -0.05) is 30.3 Å². The third-order valence-corrected chi connectivity index (χ3v) is 3.92. The fourth-order valence-corrected chi connectivity index (χ4v) is 2.65. The molecular weight excluding hydrogens is 318 g/mol. The van der Waals surface area contributed by atoms with Crippen molar-refractivity contribution >= 4 is 17.1 Å². The lowest BCUT2D eigenvalue weighted by atomic mass is 10.1. The topological polar surface area (TPSA) is 88.0 Å². The van der Waals surface area contributed by atoms with Crippen molar-refractivity contribution in [3.05, 3.63) is 70.2 Å². The molecule has 0 saturated carbocycles. The maximum absolute atomic E-state index is 12.3. The fourth-order valence-electron chi connectivity index (χ4n) is 2.65. The number of unbranched alkanes of at least 4 members (excludes halogenated alkanes) is 1. The number of amides is 1. The number of fused-ring (bicyclic) bond motifs is 1. The smallest absolute Gasteiger partial charge is 0.407 e. The van der Waals surface area contributed by atoms with Gasteiger partial charge < -0.3 is 9.73 Å². The molecule has 0 fully saturated rings. The second kappa shape index (κ2) is 7.49. The lowest BCUT2D eigenvalue weighted by molar-refractivity contribution is 0.241. The molecule has 1 N–H and O–H groups in total. The summed E-state index contributed by atoms with van der Waals surface area (Å²) in [6, 6.07) is 16.1. The number of hydrogen-bond acceptors (Lipinski definition) is 4. The van der Waals surface area contributed by atoms with Crippen molar-refractivity contribution in [2.45, 2.75) is 19.3 Å². The highest BCUT2D eigenvalue weighted by molar-refractivity contribution is 5.88. The maximum atomic E-state index is 12.3. The van der Waals surface area contributed by atoms with Crippen LogP contribution in [0.3, 0.4) is 0 Å². The van der Waals surface area contributed by atoms with Crippen molar-refractivity contribution in [3.8, 4) is 6.07 Å². The zero-order valence-electron chi connectivity index (χ0n) is 13.6. The average Bonchev–Trinajstić information content (AvgIpc) is 2.97. The third kappa shape index (κ3) is 3.78. The number of carbonyl (C=O) groups excluding carboxylic acids is 1. The number of nitrogens with one attached hydrogen (secondary N) is 1. The number of rotatable bonds is 5. The van der Waals surface area contributed by atoms with Crippen LogP contribution in [0.15, 0.2) is 57.7 Å². The molecule has 3 aromatic rings. The normalized spacial score (nSPS) is 10.5. The molecule has 6 heteroatoms. The van der Waals surface area contributed by atoms with Gasteiger partial charge in [0.15, 0.2) is 5.58 Å². The number of nitriles is 1. The predicted octanol–water partition coefficient (Wildman–Crippen LogP) is 3.05. The van der Waals surface area contributed by atoms with Crippen LogP contribution in [0.1, 0.15) is 24.0 Å². The van der Waals surface area contributed by atoms with E-state index in [0.717, 1.165) is 23.8 Å². The maximum Gasteiger partial charge on any atom is 0.428 e. The van der Waals surface area contributed by atoms with Gasteiger partial charge in [-0.25, -0.2) is 9.59 Å². The van der Waals surface area contributed by atoms with E-state index >= 15 is 0 Å². The summed E-state index contributed by atoms with van der Waals surface area (Å²) in [4.78, 5) is 24.2. The third-order valence-electron chi connectivity index (χ3n) is 3.92. The minimum Gasteiger partial charge on any atom is -0.407 e. The van der Waals surface area contributed by atoms with Gasteiger partial charge in [-0.2, -0.15) is 9.83 Å². The summed E-state index contributed by atoms with van der Waals surface area (Å²) in [7, 11) is 0. The van der Waals surface area contributed by atoms with Gasteiger partial charge in [0.1, 0.15) is 5.52 Å². The highest BCUT2D eigenvalue weighted by Crippen LogP contribution is 2.14. The average molecular weight is 335 g/mol. The van der Waals surface area contributed by atoms with Crippen molar-refractivity contribution in [2.24, 2.45) is 0 Å². The Hall–Kier alpha value is -3.33. The van der Waals surface area contributed by atoms with Crippen LogP contribution in [0.25, 0.3) is 11.1 Å². The van der Waals surface area contributed by atoms with Crippen LogP contribution in [-0.4, -0.2) is 17.1 Å². The number of nitrogens with zero attached hydrogens (tertiary/aromatic N) is 2. The first kappa shape index (κ1) is 16.5. The second-order valence-corrected chi connectivity index (χ2v) is 5.67. The molecular formula is C19H17N3O3. The monoisotopic (exact) mass is 335 g/mol. The van der Waals surface area contributed by atoms with Crippen molar-refractivity contribution in [3.63, 3.8) is 0 Å². The van der Waals surface area contributed by atoms with Gasteiger partial charge in [-0.3, -0.25) is 0 Å². The zero-order chi connectivity index (χ0) is 17.6. The highest BCUT2D eigenvalue weighted by Gasteiger charge is 2.16. The van der Waals surface area contributed by atoms with Crippen LogP contribution in [0.4, 0.5) is 4.79 Å². The molecule has 1 aromatic heterocycles. The van der Waals surface area contributed by atoms with Gasteiger partial charge in [0, 0.05) is 6.54 Å². The van der Waals surface area contributed by atoms with Crippen LogP contribution in [0, 0.1) is 11.3 Å². The van der Waals surface area contributed by atoms with E-state index in [0.29, 0.717) is 17.6 Å². The van der Waals surface area contributed by atoms with Crippen molar-refractivity contribution in [1.29, 1.82) is 5.26 Å². The Morgan fingerprint density at radius 3 is 2.72 bits per heavy atom. The molecule has 0 bridgehead atoms. The van der Waals surface area contributed by atoms with Gasteiger partial charge in [0.25, 0.3) is 0 Å². The lowest BCUT2D eigenvalue weighted by Gasteiger charge is -2.05. The van der Waals surface area contributed by atoms with Crippen LogP contribution in [-0.2, 0) is 6.42 Å². The lowest BCUT2D eigenvalue weighted by Crippen LogP contribution is -2.34. The number of oxazole rings is 1. The van der Waals surface area contributed by atoms with Crippen molar-refractivity contribution in [1.82, 2.24) is 9.88 Å². The number of hydrogen-bond donors (Lipinski definition) is 1. The molecule has 1 amide bonds. The van der Waals surface area contributed by atoms with Crippen LogP contribution in [0.2, 0.25) is 0 Å². The van der Waals surface area contributed by atoms with Gasteiger partial charge in [0.05, 0.1) is 11.6 Å². The summed E-state index contributed by atoms with van der Waals surface area (Å²) in [5.41, 5.74) is 2.20. The molecule has 6 nitrogen and oxygen atoms in total. The molecule has 3 rings (SSSR count). The molecule has 2 aromatic carbocycles. The van der Waals surface area contributed by atoms with Crippen LogP contribution >= 0.6 is 0 Å². The Morgan fingerprint density at radius 2 is 1.96 bits per heavy atom. The first-order valence-corrected chi connectivity index (χ1v) is 8.07. The number of carbonyl (C=O) groups is 1. The predicted molar refractivity (Wildman–Crippen MR) is 93.4 cm³/mol. The first-order valence-electron chi connectivity index (χ1n) is 8.07. The van der Waals surface area contributed by atoms with Gasteiger partial charge in [-0.05, 0) is 43.0 Å². The molecule has 0 saturated heterocycles. The van der Waals surface area contributed by atoms with E-state index in [1.165, 1.54) is 23.8 Å². The zero-order valence-corrected chi connectivity index (χ0v) is 13.6. The Balaban J connectivity index is 1.60. The van der Waals surface area contributed by atoms with E-state index in [4.69, 9.17) is 9.68 Å². The molecule has 0 atom stereocenters. The SMILES string of the molecule is N#Cc1ccc2oc(=O)n(C(=O)NCCCCc3ccccc3)c2c1. The van der Waals surface area contributed by atoms with E-state index in [1.807, 2.05) is 24.3 Å². The molecule has 1 heterocycles. The molecule has 126 valence electrons. The molecule has 0 radical (unpaired) electrons. The second-order valence-electron chi connectivity index (χ2n) is 5.67. The number of benzene rings is 2. The fraction of sp³-hybridized carbons (Fsp3) is 0.211. The molecule has 0 spiro atoms. The van der Waals surface area contributed by atoms with Crippen LogP contribution < -0.4 is 11.1 Å². The molecule has 0 aliphatic heterocycles. The minimum atomic E-state index is -0.758. The Labute approximate surface area is 144 Å². The van der Waals surface area contributed by atoms with E-state index in [1.54, 1.807) is 0 Å². The summed E-state index contributed by atoms with van der Waals surface area (Å²) in [5.74, 6) is -0.758. The molecule has 25 heavy (non-hydrogen) atoms. The summed E-state index contributed by atoms with van der Waals surface area (Å²) < 4.78 is 5.97. The largest absolute Gasteiger partial charge is 0.428 e. The summed E-state index contributed by atoms with van der Waals surface area (Å²) in [6.45, 7) is 0.461. The summed E-state index contributed by atoms with van der Waals surface area (Å²) in [6.07, 6.45) is 2.68. The van der Waals surface area contributed by atoms with Crippen molar-refractivity contribution < 1.29 is 9.21 Å². The summed E-state index contributed by atoms with van der Waals surface area (Å²) in [5, 5.41) is 11.7. The summed E-state index contributed by atoms with van der Waals surface area (Å²) >= 11 is 0. The Bertz CT molecular complexity index is 981. The number of aryl methyl sites for hydroxylation is 1. The number of aromatic nitrogens is 1. The highest BCUT2D eigenvalue weighted by atomic mass is 16.4. The minimum absolute atomic E-state index is 0.281. The van der Waals surface area contributed by atoms with E-state index in [-0.39, 0.29) is 5.58 Å². The van der Waals surface area contributed by atoms with E-state index in [2.05, 4.69) is 17.4 Å². The quantitative estimate of drug-likeness (QED) is 0.726. The Morgan fingerprint density at radius 1 is 1.16 bits per heavy atom. The molecule has 0 aliphatic rings.